The van der Waals surface area contributed by atoms with Crippen LogP contribution in [0.3, 0.4) is 0 Å². The zero-order chi connectivity index (χ0) is 13.9. The highest BCUT2D eigenvalue weighted by Crippen LogP contribution is 2.29. The van der Waals surface area contributed by atoms with Crippen molar-refractivity contribution in [2.75, 3.05) is 6.54 Å². The van der Waals surface area contributed by atoms with Gasteiger partial charge in [-0.3, -0.25) is 4.79 Å². The number of hydrogen-bond acceptors (Lipinski definition) is 4. The number of thiazole rings is 1. The van der Waals surface area contributed by atoms with Gasteiger partial charge in [0.15, 0.2) is 0 Å². The minimum absolute atomic E-state index is 0.0628. The summed E-state index contributed by atoms with van der Waals surface area (Å²) >= 11 is 3.31. The van der Waals surface area contributed by atoms with Crippen LogP contribution in [0.5, 0.6) is 0 Å². The summed E-state index contributed by atoms with van der Waals surface area (Å²) in [7, 11) is 0. The Morgan fingerprint density at radius 2 is 2.30 bits per heavy atom. The predicted octanol–water partition coefficient (Wildman–Crippen LogP) is 3.62. The predicted molar refractivity (Wildman–Crippen MR) is 83.8 cm³/mol. The molecule has 0 bridgehead atoms. The van der Waals surface area contributed by atoms with E-state index in [1.807, 2.05) is 11.6 Å². The van der Waals surface area contributed by atoms with Crippen LogP contribution >= 0.6 is 22.7 Å². The highest BCUT2D eigenvalue weighted by Gasteiger charge is 2.18. The molecule has 0 fully saturated rings. The van der Waals surface area contributed by atoms with Gasteiger partial charge in [-0.25, -0.2) is 4.98 Å². The summed E-state index contributed by atoms with van der Waals surface area (Å²) in [5.74, 6) is 0.335. The van der Waals surface area contributed by atoms with Crippen LogP contribution in [-0.4, -0.2) is 17.4 Å². The van der Waals surface area contributed by atoms with E-state index in [9.17, 15) is 4.79 Å². The Kier molecular flexibility index (Phi) is 4.17. The minimum atomic E-state index is 0.0628. The van der Waals surface area contributed by atoms with E-state index in [4.69, 9.17) is 0 Å². The lowest BCUT2D eigenvalue weighted by Crippen LogP contribution is -2.26. The van der Waals surface area contributed by atoms with Crippen LogP contribution in [0.1, 0.15) is 50.8 Å². The molecule has 3 nitrogen and oxygen atoms in total. The molecule has 0 saturated heterocycles. The number of aromatic nitrogens is 1. The maximum atomic E-state index is 12.2. The Morgan fingerprint density at radius 1 is 1.45 bits per heavy atom. The van der Waals surface area contributed by atoms with Crippen LogP contribution in [0.15, 0.2) is 17.6 Å². The van der Waals surface area contributed by atoms with Gasteiger partial charge in [-0.2, -0.15) is 0 Å². The lowest BCUT2D eigenvalue weighted by atomic mass is 9.99. The second-order valence-corrected chi connectivity index (χ2v) is 7.31. The molecule has 2 heterocycles. The summed E-state index contributed by atoms with van der Waals surface area (Å²) < 4.78 is 0. The zero-order valence-electron chi connectivity index (χ0n) is 11.5. The number of carbonyl (C=O) groups excluding carboxylic acids is 1. The Bertz CT molecular complexity index is 566. The molecule has 0 aliphatic heterocycles. The topological polar surface area (TPSA) is 42.0 Å². The van der Waals surface area contributed by atoms with Crippen molar-refractivity contribution in [1.82, 2.24) is 10.3 Å². The highest BCUT2D eigenvalue weighted by atomic mass is 32.1. The molecule has 1 N–H and O–H groups in total. The molecule has 1 amide bonds. The number of nitrogens with one attached hydrogen (secondary N) is 1. The molecule has 20 heavy (non-hydrogen) atoms. The van der Waals surface area contributed by atoms with Crippen molar-refractivity contribution >= 4 is 28.6 Å². The lowest BCUT2D eigenvalue weighted by molar-refractivity contribution is 0.0955. The van der Waals surface area contributed by atoms with Gasteiger partial charge in [0.1, 0.15) is 0 Å². The standard InChI is InChI=1S/C15H18N2OS2/c1-10(15-16-6-7-19-15)9-17-14(18)13-8-11-4-2-3-5-12(11)20-13/h6-8,10H,2-5,9H2,1H3,(H,17,18)/t10-/m0/s1. The first kappa shape index (κ1) is 13.8. The van der Waals surface area contributed by atoms with Crippen molar-refractivity contribution < 1.29 is 4.79 Å². The third kappa shape index (κ3) is 2.94. The number of fused-ring (bicyclic) bond motifs is 1. The summed E-state index contributed by atoms with van der Waals surface area (Å²) in [6.45, 7) is 2.74. The maximum Gasteiger partial charge on any atom is 0.261 e. The molecule has 2 aromatic heterocycles. The van der Waals surface area contributed by atoms with Gasteiger partial charge >= 0.3 is 0 Å². The average Bonchev–Trinajstić information content (AvgIpc) is 3.12. The molecule has 2 aromatic rings. The molecule has 0 saturated carbocycles. The van der Waals surface area contributed by atoms with Crippen molar-refractivity contribution in [3.8, 4) is 0 Å². The maximum absolute atomic E-state index is 12.2. The Labute approximate surface area is 127 Å². The zero-order valence-corrected chi connectivity index (χ0v) is 13.1. The fourth-order valence-corrected chi connectivity index (χ4v) is 4.37. The van der Waals surface area contributed by atoms with Crippen LogP contribution in [0.25, 0.3) is 0 Å². The second-order valence-electron chi connectivity index (χ2n) is 5.25. The lowest BCUT2D eigenvalue weighted by Gasteiger charge is -2.09. The molecular formula is C15H18N2OS2. The van der Waals surface area contributed by atoms with E-state index in [1.54, 1.807) is 22.7 Å². The fourth-order valence-electron chi connectivity index (χ4n) is 2.50. The van der Waals surface area contributed by atoms with E-state index in [0.717, 1.165) is 22.7 Å². The Morgan fingerprint density at radius 3 is 3.05 bits per heavy atom. The number of thiophene rings is 1. The van der Waals surface area contributed by atoms with Gasteiger partial charge in [0.05, 0.1) is 9.88 Å². The average molecular weight is 306 g/mol. The summed E-state index contributed by atoms with van der Waals surface area (Å²) in [6, 6.07) is 2.09. The normalized spacial score (nSPS) is 15.7. The van der Waals surface area contributed by atoms with Crippen LogP contribution < -0.4 is 5.32 Å². The Balaban J connectivity index is 1.60. The van der Waals surface area contributed by atoms with Crippen LogP contribution in [0, 0.1) is 0 Å². The fraction of sp³-hybridized carbons (Fsp3) is 0.467. The van der Waals surface area contributed by atoms with E-state index in [-0.39, 0.29) is 11.8 Å². The number of aryl methyl sites for hydroxylation is 2. The molecule has 1 atom stereocenters. The molecule has 106 valence electrons. The first-order valence-electron chi connectivity index (χ1n) is 7.03. The molecule has 0 radical (unpaired) electrons. The first-order chi connectivity index (χ1) is 9.74. The number of carbonyl (C=O) groups is 1. The third-order valence-electron chi connectivity index (χ3n) is 3.66. The summed E-state index contributed by atoms with van der Waals surface area (Å²) in [5.41, 5.74) is 1.39. The second kappa shape index (κ2) is 6.06. The number of amides is 1. The highest BCUT2D eigenvalue weighted by molar-refractivity contribution is 7.14. The van der Waals surface area contributed by atoms with Crippen LogP contribution in [0.2, 0.25) is 0 Å². The van der Waals surface area contributed by atoms with Crippen molar-refractivity contribution in [1.29, 1.82) is 0 Å². The minimum Gasteiger partial charge on any atom is -0.351 e. The van der Waals surface area contributed by atoms with Crippen molar-refractivity contribution in [2.24, 2.45) is 0 Å². The van der Waals surface area contributed by atoms with Gasteiger partial charge < -0.3 is 5.32 Å². The van der Waals surface area contributed by atoms with E-state index in [0.29, 0.717) is 6.54 Å². The molecule has 1 aliphatic rings. The number of nitrogens with zero attached hydrogens (tertiary/aromatic N) is 1. The van der Waals surface area contributed by atoms with Gasteiger partial charge in [-0.15, -0.1) is 22.7 Å². The largest absolute Gasteiger partial charge is 0.351 e. The molecular weight excluding hydrogens is 288 g/mol. The number of hydrogen-bond donors (Lipinski definition) is 1. The van der Waals surface area contributed by atoms with Gasteiger partial charge in [0, 0.05) is 28.9 Å². The summed E-state index contributed by atoms with van der Waals surface area (Å²) in [4.78, 5) is 18.8. The van der Waals surface area contributed by atoms with E-state index in [1.165, 1.54) is 23.3 Å². The van der Waals surface area contributed by atoms with Crippen LogP contribution in [-0.2, 0) is 12.8 Å². The van der Waals surface area contributed by atoms with Crippen molar-refractivity contribution in [2.45, 2.75) is 38.5 Å². The monoisotopic (exact) mass is 306 g/mol. The summed E-state index contributed by atoms with van der Waals surface area (Å²) in [6.07, 6.45) is 6.60. The van der Waals surface area contributed by atoms with E-state index in [2.05, 4.69) is 23.3 Å². The van der Waals surface area contributed by atoms with Crippen LogP contribution in [0.4, 0.5) is 0 Å². The quantitative estimate of drug-likeness (QED) is 0.937. The SMILES string of the molecule is C[C@@H](CNC(=O)c1cc2c(s1)CCCC2)c1nccs1. The molecule has 0 spiro atoms. The van der Waals surface area contributed by atoms with E-state index >= 15 is 0 Å². The summed E-state index contributed by atoms with van der Waals surface area (Å²) in [5, 5.41) is 6.09. The van der Waals surface area contributed by atoms with Crippen molar-refractivity contribution in [3.63, 3.8) is 0 Å². The van der Waals surface area contributed by atoms with Gasteiger partial charge in [0.25, 0.3) is 5.91 Å². The molecule has 0 unspecified atom stereocenters. The van der Waals surface area contributed by atoms with Gasteiger partial charge in [-0.05, 0) is 37.3 Å². The third-order valence-corrected chi connectivity index (χ3v) is 5.91. The van der Waals surface area contributed by atoms with Crippen molar-refractivity contribution in [3.05, 3.63) is 38.0 Å². The first-order valence-corrected chi connectivity index (χ1v) is 8.73. The molecule has 3 rings (SSSR count). The van der Waals surface area contributed by atoms with Gasteiger partial charge in [-0.1, -0.05) is 6.92 Å². The number of rotatable bonds is 4. The molecule has 5 heteroatoms. The Hall–Kier alpha value is -1.20. The molecule has 1 aliphatic carbocycles. The molecule has 0 aromatic carbocycles. The van der Waals surface area contributed by atoms with E-state index < -0.39 is 0 Å². The smallest absolute Gasteiger partial charge is 0.261 e. The van der Waals surface area contributed by atoms with Gasteiger partial charge in [0.2, 0.25) is 0 Å².